The van der Waals surface area contributed by atoms with Crippen molar-refractivity contribution in [2.45, 2.75) is 17.1 Å². The Kier molecular flexibility index (Phi) is 5.20. The molecule has 0 aliphatic carbocycles. The topological polar surface area (TPSA) is 67.4 Å². The molecule has 2 atom stereocenters. The molecule has 0 aromatic heterocycles. The first kappa shape index (κ1) is 17.6. The summed E-state index contributed by atoms with van der Waals surface area (Å²) in [6, 6.07) is 12.6. The first-order valence-electron chi connectivity index (χ1n) is 7.70. The standard InChI is InChI=1S/C18H17ClN2O3S/c1-10(16-18(23)21-13-5-3-4-6-15(13)25-16)17(22)20-11-7-8-14(24-2)12(19)9-11/h3-10,16H,1-2H3,(H,20,22)(H,21,23). The molecule has 1 heterocycles. The van der Waals surface area contributed by atoms with Gasteiger partial charge >= 0.3 is 0 Å². The van der Waals surface area contributed by atoms with Crippen LogP contribution < -0.4 is 15.4 Å². The van der Waals surface area contributed by atoms with Gasteiger partial charge < -0.3 is 15.4 Å². The maximum absolute atomic E-state index is 12.6. The number of hydrogen-bond donors (Lipinski definition) is 2. The number of nitrogens with one attached hydrogen (secondary N) is 2. The number of ether oxygens (including phenoxy) is 1. The van der Waals surface area contributed by atoms with Crippen molar-refractivity contribution in [1.29, 1.82) is 0 Å². The van der Waals surface area contributed by atoms with Crippen LogP contribution in [0.4, 0.5) is 11.4 Å². The van der Waals surface area contributed by atoms with E-state index >= 15 is 0 Å². The molecular weight excluding hydrogens is 360 g/mol. The number of amides is 2. The Morgan fingerprint density at radius 2 is 2.08 bits per heavy atom. The molecule has 25 heavy (non-hydrogen) atoms. The SMILES string of the molecule is COc1ccc(NC(=O)C(C)C2Sc3ccccc3NC2=O)cc1Cl. The van der Waals surface area contributed by atoms with Crippen LogP contribution in [0, 0.1) is 5.92 Å². The maximum atomic E-state index is 12.6. The summed E-state index contributed by atoms with van der Waals surface area (Å²) in [6.07, 6.45) is 0. The van der Waals surface area contributed by atoms with Crippen molar-refractivity contribution in [3.05, 3.63) is 47.5 Å². The number of thioether (sulfide) groups is 1. The number of carbonyl (C=O) groups is 2. The Bertz CT molecular complexity index is 828. The van der Waals surface area contributed by atoms with Crippen LogP contribution in [0.3, 0.4) is 0 Å². The molecule has 3 rings (SSSR count). The van der Waals surface area contributed by atoms with Gasteiger partial charge in [-0.2, -0.15) is 0 Å². The lowest BCUT2D eigenvalue weighted by molar-refractivity contribution is -0.123. The van der Waals surface area contributed by atoms with Gasteiger partial charge in [0.25, 0.3) is 0 Å². The van der Waals surface area contributed by atoms with Gasteiger partial charge in [-0.1, -0.05) is 30.7 Å². The molecule has 1 aliphatic rings. The van der Waals surface area contributed by atoms with Gasteiger partial charge in [-0.15, -0.1) is 11.8 Å². The quantitative estimate of drug-likeness (QED) is 0.845. The predicted molar refractivity (Wildman–Crippen MR) is 101 cm³/mol. The predicted octanol–water partition coefficient (Wildman–Crippen LogP) is 4.04. The largest absolute Gasteiger partial charge is 0.495 e. The third kappa shape index (κ3) is 3.75. The second-order valence-corrected chi connectivity index (χ2v) is 7.24. The number of hydrogen-bond acceptors (Lipinski definition) is 4. The van der Waals surface area contributed by atoms with Gasteiger partial charge in [0.15, 0.2) is 0 Å². The first-order valence-corrected chi connectivity index (χ1v) is 8.96. The zero-order chi connectivity index (χ0) is 18.0. The molecule has 0 saturated carbocycles. The molecule has 1 aliphatic heterocycles. The van der Waals surface area contributed by atoms with Crippen LogP contribution >= 0.6 is 23.4 Å². The van der Waals surface area contributed by atoms with E-state index in [0.29, 0.717) is 16.5 Å². The van der Waals surface area contributed by atoms with E-state index in [0.717, 1.165) is 10.6 Å². The fourth-order valence-electron chi connectivity index (χ4n) is 2.53. The molecule has 7 heteroatoms. The number of para-hydroxylation sites is 1. The van der Waals surface area contributed by atoms with Crippen LogP contribution in [-0.4, -0.2) is 24.2 Å². The second-order valence-electron chi connectivity index (χ2n) is 5.65. The number of fused-ring (bicyclic) bond motifs is 1. The van der Waals surface area contributed by atoms with Gasteiger partial charge in [-0.05, 0) is 30.3 Å². The summed E-state index contributed by atoms with van der Waals surface area (Å²) in [7, 11) is 1.53. The summed E-state index contributed by atoms with van der Waals surface area (Å²) < 4.78 is 5.09. The highest BCUT2D eigenvalue weighted by molar-refractivity contribution is 8.01. The number of rotatable bonds is 4. The molecule has 2 aromatic carbocycles. The van der Waals surface area contributed by atoms with Crippen LogP contribution in [0.15, 0.2) is 47.4 Å². The molecule has 2 amide bonds. The van der Waals surface area contributed by atoms with Crippen molar-refractivity contribution in [3.63, 3.8) is 0 Å². The van der Waals surface area contributed by atoms with E-state index in [4.69, 9.17) is 16.3 Å². The van der Waals surface area contributed by atoms with Crippen molar-refractivity contribution in [3.8, 4) is 5.75 Å². The first-order chi connectivity index (χ1) is 12.0. The Morgan fingerprint density at radius 1 is 1.32 bits per heavy atom. The maximum Gasteiger partial charge on any atom is 0.238 e. The third-order valence-corrected chi connectivity index (χ3v) is 5.73. The van der Waals surface area contributed by atoms with Crippen LogP contribution in [-0.2, 0) is 9.59 Å². The van der Waals surface area contributed by atoms with E-state index in [1.807, 2.05) is 24.3 Å². The van der Waals surface area contributed by atoms with Crippen molar-refractivity contribution in [2.75, 3.05) is 17.7 Å². The van der Waals surface area contributed by atoms with Gasteiger partial charge in [0, 0.05) is 10.6 Å². The van der Waals surface area contributed by atoms with Crippen LogP contribution in [0.1, 0.15) is 6.92 Å². The number of benzene rings is 2. The van der Waals surface area contributed by atoms with Gasteiger partial charge in [0.05, 0.1) is 29.0 Å². The number of halogens is 1. The van der Waals surface area contributed by atoms with Gasteiger partial charge in [0.1, 0.15) is 5.75 Å². The highest BCUT2D eigenvalue weighted by atomic mass is 35.5. The van der Waals surface area contributed by atoms with E-state index in [9.17, 15) is 9.59 Å². The van der Waals surface area contributed by atoms with Crippen LogP contribution in [0.5, 0.6) is 5.75 Å². The molecule has 2 N–H and O–H groups in total. The monoisotopic (exact) mass is 376 g/mol. The minimum atomic E-state index is -0.515. The second kappa shape index (κ2) is 7.37. The summed E-state index contributed by atoms with van der Waals surface area (Å²) in [6.45, 7) is 1.74. The Morgan fingerprint density at radius 3 is 2.80 bits per heavy atom. The molecule has 2 aromatic rings. The lowest BCUT2D eigenvalue weighted by atomic mass is 10.1. The normalized spacial score (nSPS) is 17.2. The molecule has 2 unspecified atom stereocenters. The zero-order valence-corrected chi connectivity index (χ0v) is 15.3. The van der Waals surface area contributed by atoms with E-state index in [1.165, 1.54) is 18.9 Å². The van der Waals surface area contributed by atoms with Gasteiger partial charge in [0.2, 0.25) is 11.8 Å². The summed E-state index contributed by atoms with van der Waals surface area (Å²) in [5.41, 5.74) is 1.34. The van der Waals surface area contributed by atoms with Crippen LogP contribution in [0.25, 0.3) is 0 Å². The minimum absolute atomic E-state index is 0.167. The van der Waals surface area contributed by atoms with Crippen molar-refractivity contribution < 1.29 is 14.3 Å². The fraction of sp³-hybridized carbons (Fsp3) is 0.222. The van der Waals surface area contributed by atoms with Crippen molar-refractivity contribution in [1.82, 2.24) is 0 Å². The van der Waals surface area contributed by atoms with E-state index in [1.54, 1.807) is 25.1 Å². The van der Waals surface area contributed by atoms with E-state index in [2.05, 4.69) is 10.6 Å². The average Bonchev–Trinajstić information content (AvgIpc) is 2.60. The summed E-state index contributed by atoms with van der Waals surface area (Å²) in [5.74, 6) is -0.391. The third-order valence-electron chi connectivity index (χ3n) is 3.94. The summed E-state index contributed by atoms with van der Waals surface area (Å²) in [4.78, 5) is 25.9. The minimum Gasteiger partial charge on any atom is -0.495 e. The summed E-state index contributed by atoms with van der Waals surface area (Å²) in [5, 5.41) is 5.57. The smallest absolute Gasteiger partial charge is 0.238 e. The molecule has 0 saturated heterocycles. The van der Waals surface area contributed by atoms with E-state index in [-0.39, 0.29) is 11.8 Å². The fourth-order valence-corrected chi connectivity index (χ4v) is 3.96. The van der Waals surface area contributed by atoms with Crippen molar-refractivity contribution in [2.24, 2.45) is 5.92 Å². The van der Waals surface area contributed by atoms with Crippen molar-refractivity contribution >= 4 is 46.6 Å². The highest BCUT2D eigenvalue weighted by Crippen LogP contribution is 2.38. The number of anilines is 2. The van der Waals surface area contributed by atoms with E-state index < -0.39 is 11.2 Å². The number of methoxy groups -OCH3 is 1. The average molecular weight is 377 g/mol. The Balaban J connectivity index is 1.72. The van der Waals surface area contributed by atoms with Crippen LogP contribution in [0.2, 0.25) is 5.02 Å². The molecule has 130 valence electrons. The van der Waals surface area contributed by atoms with Gasteiger partial charge in [-0.3, -0.25) is 9.59 Å². The Labute approximate surface area is 155 Å². The zero-order valence-electron chi connectivity index (χ0n) is 13.7. The van der Waals surface area contributed by atoms with Gasteiger partial charge in [-0.25, -0.2) is 0 Å². The lowest BCUT2D eigenvalue weighted by Gasteiger charge is -2.27. The molecule has 0 spiro atoms. The molecular formula is C18H17ClN2O3S. The summed E-state index contributed by atoms with van der Waals surface area (Å²) >= 11 is 7.48. The molecule has 0 radical (unpaired) electrons. The molecule has 0 bridgehead atoms. The lowest BCUT2D eigenvalue weighted by Crippen LogP contribution is -2.39. The highest BCUT2D eigenvalue weighted by Gasteiger charge is 2.35. The molecule has 5 nitrogen and oxygen atoms in total. The molecule has 0 fully saturated rings. The Hall–Kier alpha value is -2.18. The number of carbonyl (C=O) groups excluding carboxylic acids is 2.